The minimum atomic E-state index is 0.442. The van der Waals surface area contributed by atoms with Crippen LogP contribution in [0.25, 0.3) is 22.2 Å². The molecule has 0 aliphatic carbocycles. The number of fused-ring (bicyclic) bond motifs is 1. The van der Waals surface area contributed by atoms with Gasteiger partial charge in [-0.3, -0.25) is 0 Å². The van der Waals surface area contributed by atoms with Crippen LogP contribution < -0.4 is 15.2 Å². The Bertz CT molecular complexity index is 1460. The Kier molecular flexibility index (Phi) is 6.11. The standard InChI is InChI=1S/C28H24ClN3O2/c1-33-22-8-4-6-19(14-22)18-34-23-13-12-20-15-27(24-9-2-3-10-25(24)29)32(26(20)16-23)17-21-7-5-11-28(30)31-21/h2-16H,17-18H2,1H3,(H2,30,31). The van der Waals surface area contributed by atoms with Gasteiger partial charge in [-0.15, -0.1) is 0 Å². The molecule has 0 saturated heterocycles. The van der Waals surface area contributed by atoms with Gasteiger partial charge in [-0.05, 0) is 54.1 Å². The summed E-state index contributed by atoms with van der Waals surface area (Å²) in [6.07, 6.45) is 0. The van der Waals surface area contributed by atoms with Gasteiger partial charge in [-0.2, -0.15) is 0 Å². The van der Waals surface area contributed by atoms with Crippen LogP contribution in [0.5, 0.6) is 11.5 Å². The molecule has 6 heteroatoms. The van der Waals surface area contributed by atoms with Gasteiger partial charge in [0.25, 0.3) is 0 Å². The lowest BCUT2D eigenvalue weighted by Crippen LogP contribution is -2.05. The summed E-state index contributed by atoms with van der Waals surface area (Å²) in [5.74, 6) is 2.08. The topological polar surface area (TPSA) is 62.3 Å². The van der Waals surface area contributed by atoms with Gasteiger partial charge < -0.3 is 19.8 Å². The Balaban J connectivity index is 1.54. The van der Waals surface area contributed by atoms with Crippen LogP contribution in [0, 0.1) is 0 Å². The van der Waals surface area contributed by atoms with Crippen molar-refractivity contribution >= 4 is 28.3 Å². The van der Waals surface area contributed by atoms with E-state index in [4.69, 9.17) is 26.8 Å². The Morgan fingerprint density at radius 1 is 0.882 bits per heavy atom. The molecule has 0 fully saturated rings. The Hall–Kier alpha value is -3.96. The zero-order chi connectivity index (χ0) is 23.5. The number of methoxy groups -OCH3 is 1. The zero-order valence-corrected chi connectivity index (χ0v) is 19.5. The van der Waals surface area contributed by atoms with Crippen LogP contribution in [-0.2, 0) is 13.2 Å². The number of halogens is 1. The maximum Gasteiger partial charge on any atom is 0.123 e. The molecule has 5 rings (SSSR count). The predicted molar refractivity (Wildman–Crippen MR) is 137 cm³/mol. The van der Waals surface area contributed by atoms with E-state index in [0.717, 1.165) is 44.9 Å². The molecular formula is C28H24ClN3O2. The third kappa shape index (κ3) is 4.56. The lowest BCUT2D eigenvalue weighted by atomic mass is 10.1. The number of benzene rings is 3. The summed E-state index contributed by atoms with van der Waals surface area (Å²) in [5.41, 5.74) is 10.8. The fourth-order valence-corrected chi connectivity index (χ4v) is 4.30. The van der Waals surface area contributed by atoms with E-state index >= 15 is 0 Å². The number of anilines is 1. The highest BCUT2D eigenvalue weighted by atomic mass is 35.5. The molecule has 5 nitrogen and oxygen atoms in total. The van der Waals surface area contributed by atoms with Gasteiger partial charge in [0, 0.05) is 22.0 Å². The molecule has 3 aromatic carbocycles. The summed E-state index contributed by atoms with van der Waals surface area (Å²) in [5, 5.41) is 1.79. The Morgan fingerprint density at radius 3 is 2.56 bits per heavy atom. The van der Waals surface area contributed by atoms with E-state index in [1.54, 1.807) is 13.2 Å². The number of hydrogen-bond donors (Lipinski definition) is 1. The number of pyridine rings is 1. The molecule has 0 aliphatic heterocycles. The van der Waals surface area contributed by atoms with Crippen molar-refractivity contribution in [3.8, 4) is 22.8 Å². The third-order valence-corrected chi connectivity index (χ3v) is 6.04. The van der Waals surface area contributed by atoms with Crippen molar-refractivity contribution in [2.75, 3.05) is 12.8 Å². The normalized spacial score (nSPS) is 11.0. The van der Waals surface area contributed by atoms with Crippen molar-refractivity contribution in [1.82, 2.24) is 9.55 Å². The van der Waals surface area contributed by atoms with Crippen LogP contribution in [0.4, 0.5) is 5.82 Å². The first kappa shape index (κ1) is 21.9. The molecule has 5 aromatic rings. The maximum absolute atomic E-state index is 6.58. The highest BCUT2D eigenvalue weighted by Gasteiger charge is 2.15. The Labute approximate surface area is 203 Å². The van der Waals surface area contributed by atoms with E-state index in [2.05, 4.69) is 27.8 Å². The van der Waals surface area contributed by atoms with Crippen molar-refractivity contribution in [3.05, 3.63) is 107 Å². The van der Waals surface area contributed by atoms with Gasteiger partial charge in [0.2, 0.25) is 0 Å². The summed E-state index contributed by atoms with van der Waals surface area (Å²) < 4.78 is 13.7. The highest BCUT2D eigenvalue weighted by Crippen LogP contribution is 2.35. The molecule has 0 atom stereocenters. The average molecular weight is 470 g/mol. The van der Waals surface area contributed by atoms with Crippen LogP contribution in [0.15, 0.2) is 91.0 Å². The fraction of sp³-hybridized carbons (Fsp3) is 0.107. The molecule has 0 amide bonds. The molecule has 0 unspecified atom stereocenters. The molecule has 0 spiro atoms. The maximum atomic E-state index is 6.58. The van der Waals surface area contributed by atoms with E-state index in [1.807, 2.05) is 66.7 Å². The molecule has 2 aromatic heterocycles. The molecule has 2 heterocycles. The third-order valence-electron chi connectivity index (χ3n) is 5.71. The lowest BCUT2D eigenvalue weighted by Gasteiger charge is -2.13. The number of ether oxygens (including phenoxy) is 2. The molecule has 0 bridgehead atoms. The predicted octanol–water partition coefficient (Wildman–Crippen LogP) is 6.57. The second-order valence-corrected chi connectivity index (χ2v) is 8.42. The van der Waals surface area contributed by atoms with E-state index in [9.17, 15) is 0 Å². The number of rotatable bonds is 7. The van der Waals surface area contributed by atoms with Crippen molar-refractivity contribution in [1.29, 1.82) is 0 Å². The van der Waals surface area contributed by atoms with E-state index < -0.39 is 0 Å². The van der Waals surface area contributed by atoms with E-state index in [1.165, 1.54) is 0 Å². The van der Waals surface area contributed by atoms with Gasteiger partial charge in [0.1, 0.15) is 23.9 Å². The summed E-state index contributed by atoms with van der Waals surface area (Å²) in [4.78, 5) is 4.51. The van der Waals surface area contributed by atoms with Crippen LogP contribution in [0.1, 0.15) is 11.3 Å². The zero-order valence-electron chi connectivity index (χ0n) is 18.7. The molecule has 0 aliphatic rings. The summed E-state index contributed by atoms with van der Waals surface area (Å²) in [6.45, 7) is 0.992. The summed E-state index contributed by atoms with van der Waals surface area (Å²) >= 11 is 6.58. The van der Waals surface area contributed by atoms with E-state index in [-0.39, 0.29) is 0 Å². The number of nitrogens with zero attached hydrogens (tertiary/aromatic N) is 2. The number of nitrogens with two attached hydrogens (primary N) is 1. The van der Waals surface area contributed by atoms with Gasteiger partial charge in [-0.1, -0.05) is 48.0 Å². The molecule has 0 saturated carbocycles. The highest BCUT2D eigenvalue weighted by molar-refractivity contribution is 6.33. The lowest BCUT2D eigenvalue weighted by molar-refractivity contribution is 0.305. The monoisotopic (exact) mass is 469 g/mol. The van der Waals surface area contributed by atoms with Gasteiger partial charge in [-0.25, -0.2) is 4.98 Å². The smallest absolute Gasteiger partial charge is 0.123 e. The minimum absolute atomic E-state index is 0.442. The first-order valence-electron chi connectivity index (χ1n) is 11.0. The largest absolute Gasteiger partial charge is 0.497 e. The van der Waals surface area contributed by atoms with Crippen molar-refractivity contribution in [2.45, 2.75) is 13.2 Å². The van der Waals surface area contributed by atoms with Gasteiger partial charge >= 0.3 is 0 Å². The van der Waals surface area contributed by atoms with Crippen LogP contribution in [0.2, 0.25) is 5.02 Å². The summed E-state index contributed by atoms with van der Waals surface area (Å²) in [7, 11) is 1.66. The molecule has 34 heavy (non-hydrogen) atoms. The number of nitrogen functional groups attached to an aromatic ring is 1. The molecule has 0 radical (unpaired) electrons. The van der Waals surface area contributed by atoms with Crippen molar-refractivity contribution in [2.24, 2.45) is 0 Å². The quantitative estimate of drug-likeness (QED) is 0.292. The first-order valence-corrected chi connectivity index (χ1v) is 11.3. The SMILES string of the molecule is COc1cccc(COc2ccc3cc(-c4ccccc4Cl)n(Cc4cccc(N)n4)c3c2)c1. The van der Waals surface area contributed by atoms with Crippen LogP contribution in [0.3, 0.4) is 0 Å². The van der Waals surface area contributed by atoms with Crippen molar-refractivity contribution in [3.63, 3.8) is 0 Å². The fourth-order valence-electron chi connectivity index (χ4n) is 4.06. The van der Waals surface area contributed by atoms with E-state index in [0.29, 0.717) is 24.0 Å². The van der Waals surface area contributed by atoms with Crippen molar-refractivity contribution < 1.29 is 9.47 Å². The second-order valence-electron chi connectivity index (χ2n) is 8.01. The van der Waals surface area contributed by atoms with Crippen LogP contribution in [-0.4, -0.2) is 16.7 Å². The number of aromatic nitrogens is 2. The summed E-state index contributed by atoms with van der Waals surface area (Å²) in [6, 6.07) is 29.7. The first-order chi connectivity index (χ1) is 16.6. The molecule has 2 N–H and O–H groups in total. The average Bonchev–Trinajstić information content (AvgIpc) is 3.20. The molecular weight excluding hydrogens is 446 g/mol. The van der Waals surface area contributed by atoms with Gasteiger partial charge in [0.05, 0.1) is 30.6 Å². The van der Waals surface area contributed by atoms with Gasteiger partial charge in [0.15, 0.2) is 0 Å². The second kappa shape index (κ2) is 9.49. The van der Waals surface area contributed by atoms with Crippen LogP contribution >= 0.6 is 11.6 Å². The minimum Gasteiger partial charge on any atom is -0.497 e. The number of hydrogen-bond acceptors (Lipinski definition) is 4. The Morgan fingerprint density at radius 2 is 1.74 bits per heavy atom. The molecule has 170 valence electrons.